The summed E-state index contributed by atoms with van der Waals surface area (Å²) >= 11 is 3.18. The van der Waals surface area contributed by atoms with E-state index >= 15 is 0 Å². The Morgan fingerprint density at radius 2 is 1.79 bits per heavy atom. The molecule has 2 aromatic rings. The molecule has 2 N–H and O–H groups in total. The van der Waals surface area contributed by atoms with Crippen molar-refractivity contribution in [1.29, 1.82) is 0 Å². The molecule has 14 heavy (non-hydrogen) atoms. The molecule has 0 atom stereocenters. The van der Waals surface area contributed by atoms with Gasteiger partial charge in [0.25, 0.3) is 0 Å². The lowest BCUT2D eigenvalue weighted by molar-refractivity contribution is 0.466. The highest BCUT2D eigenvalue weighted by molar-refractivity contribution is 9.10. The summed E-state index contributed by atoms with van der Waals surface area (Å²) in [5, 5.41) is 20.7. The first-order chi connectivity index (χ1) is 6.59. The van der Waals surface area contributed by atoms with Gasteiger partial charge >= 0.3 is 0 Å². The van der Waals surface area contributed by atoms with Gasteiger partial charge in [0.05, 0.1) is 4.47 Å². The number of aryl methyl sites for hydroxylation is 1. The zero-order valence-electron chi connectivity index (χ0n) is 7.58. The lowest BCUT2D eigenvalue weighted by Gasteiger charge is -2.06. The third-order valence-electron chi connectivity index (χ3n) is 2.20. The number of phenols is 2. The normalized spacial score (nSPS) is 10.7. The van der Waals surface area contributed by atoms with Crippen molar-refractivity contribution in [2.24, 2.45) is 0 Å². The van der Waals surface area contributed by atoms with E-state index in [9.17, 15) is 10.2 Å². The molecule has 0 spiro atoms. The molecule has 0 saturated carbocycles. The molecule has 0 aliphatic rings. The van der Waals surface area contributed by atoms with Crippen LogP contribution in [0.4, 0.5) is 0 Å². The van der Waals surface area contributed by atoms with Crippen LogP contribution in [0.25, 0.3) is 10.8 Å². The van der Waals surface area contributed by atoms with E-state index in [1.165, 1.54) is 6.07 Å². The highest BCUT2D eigenvalue weighted by atomic mass is 79.9. The summed E-state index contributed by atoms with van der Waals surface area (Å²) in [5.41, 5.74) is 1.05. The first-order valence-corrected chi connectivity index (χ1v) is 4.99. The van der Waals surface area contributed by atoms with Gasteiger partial charge in [0, 0.05) is 10.8 Å². The van der Waals surface area contributed by atoms with Crippen LogP contribution in [0.5, 0.6) is 11.5 Å². The number of halogens is 1. The molecule has 0 aliphatic carbocycles. The van der Waals surface area contributed by atoms with Crippen molar-refractivity contribution in [3.8, 4) is 11.5 Å². The van der Waals surface area contributed by atoms with E-state index in [2.05, 4.69) is 15.9 Å². The second-order valence-corrected chi connectivity index (χ2v) is 4.13. The summed E-state index contributed by atoms with van der Waals surface area (Å²) in [7, 11) is 0. The number of hydrogen-bond acceptors (Lipinski definition) is 2. The van der Waals surface area contributed by atoms with Crippen molar-refractivity contribution in [2.75, 3.05) is 0 Å². The Kier molecular flexibility index (Phi) is 2.11. The van der Waals surface area contributed by atoms with Crippen LogP contribution in [-0.2, 0) is 0 Å². The average Bonchev–Trinajstić information content (AvgIpc) is 2.14. The Morgan fingerprint density at radius 3 is 2.50 bits per heavy atom. The van der Waals surface area contributed by atoms with Crippen molar-refractivity contribution in [3.63, 3.8) is 0 Å². The van der Waals surface area contributed by atoms with E-state index in [1.807, 2.05) is 19.1 Å². The molecule has 0 amide bonds. The number of aromatic hydroxyl groups is 2. The highest BCUT2D eigenvalue weighted by Gasteiger charge is 2.08. The van der Waals surface area contributed by atoms with E-state index in [4.69, 9.17) is 0 Å². The number of hydrogen-bond donors (Lipinski definition) is 2. The van der Waals surface area contributed by atoms with Crippen molar-refractivity contribution in [3.05, 3.63) is 34.3 Å². The standard InChI is InChI=1S/C11H9BrO2/c1-6-2-3-7-8(4-6)11(14)9(12)5-10(7)13/h2-5,13-14H,1H3. The molecule has 0 aliphatic heterocycles. The van der Waals surface area contributed by atoms with E-state index < -0.39 is 0 Å². The van der Waals surface area contributed by atoms with Crippen LogP contribution in [0, 0.1) is 6.92 Å². The molecule has 0 heterocycles. The molecule has 0 aromatic heterocycles. The molecule has 72 valence electrons. The van der Waals surface area contributed by atoms with Crippen LogP contribution >= 0.6 is 15.9 Å². The third kappa shape index (κ3) is 1.34. The van der Waals surface area contributed by atoms with Crippen LogP contribution in [0.1, 0.15) is 5.56 Å². The molecular weight excluding hydrogens is 244 g/mol. The maximum atomic E-state index is 9.75. The second-order valence-electron chi connectivity index (χ2n) is 3.28. The Morgan fingerprint density at radius 1 is 1.07 bits per heavy atom. The molecular formula is C11H9BrO2. The molecule has 2 rings (SSSR count). The van der Waals surface area contributed by atoms with Crippen LogP contribution < -0.4 is 0 Å². The van der Waals surface area contributed by atoms with Gasteiger partial charge in [0.1, 0.15) is 11.5 Å². The fourth-order valence-corrected chi connectivity index (χ4v) is 1.90. The summed E-state index contributed by atoms with van der Waals surface area (Å²) in [6, 6.07) is 7.03. The average molecular weight is 253 g/mol. The summed E-state index contributed by atoms with van der Waals surface area (Å²) in [6.45, 7) is 1.94. The maximum absolute atomic E-state index is 9.75. The predicted molar refractivity (Wildman–Crippen MR) is 59.7 cm³/mol. The Bertz CT molecular complexity index is 506. The topological polar surface area (TPSA) is 40.5 Å². The van der Waals surface area contributed by atoms with E-state index in [-0.39, 0.29) is 11.5 Å². The zero-order valence-corrected chi connectivity index (χ0v) is 9.17. The van der Waals surface area contributed by atoms with Gasteiger partial charge in [-0.15, -0.1) is 0 Å². The lowest BCUT2D eigenvalue weighted by atomic mass is 10.1. The van der Waals surface area contributed by atoms with Gasteiger partial charge in [-0.05, 0) is 35.0 Å². The summed E-state index contributed by atoms with van der Waals surface area (Å²) in [5.74, 6) is 0.339. The fourth-order valence-electron chi connectivity index (χ4n) is 1.47. The van der Waals surface area contributed by atoms with E-state index in [0.29, 0.717) is 15.2 Å². The number of benzene rings is 2. The van der Waals surface area contributed by atoms with Crippen molar-refractivity contribution in [1.82, 2.24) is 0 Å². The molecule has 0 radical (unpaired) electrons. The monoisotopic (exact) mass is 252 g/mol. The first kappa shape index (κ1) is 9.34. The number of phenolic OH excluding ortho intramolecular Hbond substituents is 2. The SMILES string of the molecule is Cc1ccc2c(O)cc(Br)c(O)c2c1. The van der Waals surface area contributed by atoms with Crippen LogP contribution in [0.15, 0.2) is 28.7 Å². The summed E-state index contributed by atoms with van der Waals surface area (Å²) < 4.78 is 0.508. The highest BCUT2D eigenvalue weighted by Crippen LogP contribution is 2.38. The predicted octanol–water partition coefficient (Wildman–Crippen LogP) is 3.32. The Hall–Kier alpha value is -1.22. The molecule has 0 bridgehead atoms. The first-order valence-electron chi connectivity index (χ1n) is 4.20. The zero-order chi connectivity index (χ0) is 10.3. The van der Waals surface area contributed by atoms with Crippen LogP contribution in [0.3, 0.4) is 0 Å². The van der Waals surface area contributed by atoms with Crippen LogP contribution in [0.2, 0.25) is 0 Å². The minimum Gasteiger partial charge on any atom is -0.507 e. The molecule has 2 nitrogen and oxygen atoms in total. The maximum Gasteiger partial charge on any atom is 0.137 e. The number of fused-ring (bicyclic) bond motifs is 1. The van der Waals surface area contributed by atoms with Gasteiger partial charge in [-0.1, -0.05) is 17.7 Å². The molecule has 0 fully saturated rings. The molecule has 0 unspecified atom stereocenters. The molecule has 0 saturated heterocycles. The summed E-state index contributed by atoms with van der Waals surface area (Å²) in [4.78, 5) is 0. The lowest BCUT2D eigenvalue weighted by Crippen LogP contribution is -1.79. The van der Waals surface area contributed by atoms with Gasteiger partial charge in [-0.25, -0.2) is 0 Å². The molecule has 3 heteroatoms. The second kappa shape index (κ2) is 3.17. The van der Waals surface area contributed by atoms with Crippen molar-refractivity contribution < 1.29 is 10.2 Å². The van der Waals surface area contributed by atoms with Crippen LogP contribution in [-0.4, -0.2) is 10.2 Å². The minimum atomic E-state index is 0.168. The minimum absolute atomic E-state index is 0.168. The summed E-state index contributed by atoms with van der Waals surface area (Å²) in [6.07, 6.45) is 0. The van der Waals surface area contributed by atoms with Gasteiger partial charge in [-0.3, -0.25) is 0 Å². The quantitative estimate of drug-likeness (QED) is 0.707. The van der Waals surface area contributed by atoms with Gasteiger partial charge < -0.3 is 10.2 Å². The fraction of sp³-hybridized carbons (Fsp3) is 0.0909. The van der Waals surface area contributed by atoms with Gasteiger partial charge in [0.2, 0.25) is 0 Å². The largest absolute Gasteiger partial charge is 0.507 e. The smallest absolute Gasteiger partial charge is 0.137 e. The Balaban J connectivity index is 2.95. The molecule has 2 aromatic carbocycles. The van der Waals surface area contributed by atoms with Gasteiger partial charge in [0.15, 0.2) is 0 Å². The van der Waals surface area contributed by atoms with Gasteiger partial charge in [-0.2, -0.15) is 0 Å². The van der Waals surface area contributed by atoms with Crippen molar-refractivity contribution >= 4 is 26.7 Å². The van der Waals surface area contributed by atoms with E-state index in [1.54, 1.807) is 6.07 Å². The number of rotatable bonds is 0. The van der Waals surface area contributed by atoms with Crippen molar-refractivity contribution in [2.45, 2.75) is 6.92 Å². The van der Waals surface area contributed by atoms with E-state index in [0.717, 1.165) is 5.56 Å². The Labute approximate surface area is 89.9 Å². The third-order valence-corrected chi connectivity index (χ3v) is 2.80.